The second-order valence-corrected chi connectivity index (χ2v) is 6.36. The molecule has 0 saturated carbocycles. The third-order valence-corrected chi connectivity index (χ3v) is 2.94. The van der Waals surface area contributed by atoms with E-state index in [0.29, 0.717) is 17.3 Å². The Morgan fingerprint density at radius 1 is 1.30 bits per heavy atom. The maximum absolute atomic E-state index is 11.7. The molecule has 1 aromatic rings. The Morgan fingerprint density at radius 3 is 2.45 bits per heavy atom. The number of carbonyl (C=O) groups excluding carboxylic acids is 1. The Bertz CT molecular complexity index is 430. The van der Waals surface area contributed by atoms with Crippen LogP contribution < -0.4 is 10.1 Å². The first-order valence-electron chi connectivity index (χ1n) is 6.58. The number of hydrogen-bond donors (Lipinski definition) is 1. The number of ether oxygens (including phenoxy) is 1. The SMILES string of the molecule is CN(C)CC(C)(C)CNC(=O)COc1ccc(Cl)cc1. The van der Waals surface area contributed by atoms with Gasteiger partial charge in [0, 0.05) is 18.1 Å². The van der Waals surface area contributed by atoms with Crippen LogP contribution in [0.15, 0.2) is 24.3 Å². The topological polar surface area (TPSA) is 41.6 Å². The predicted octanol–water partition coefficient (Wildman–Crippen LogP) is 2.42. The maximum Gasteiger partial charge on any atom is 0.257 e. The highest BCUT2D eigenvalue weighted by atomic mass is 35.5. The van der Waals surface area contributed by atoms with Crippen molar-refractivity contribution in [2.45, 2.75) is 13.8 Å². The molecule has 1 rings (SSSR count). The van der Waals surface area contributed by atoms with Crippen molar-refractivity contribution < 1.29 is 9.53 Å². The molecule has 0 unspecified atom stereocenters. The van der Waals surface area contributed by atoms with Crippen LogP contribution in [-0.2, 0) is 4.79 Å². The van der Waals surface area contributed by atoms with E-state index in [2.05, 4.69) is 24.1 Å². The number of benzene rings is 1. The average molecular weight is 299 g/mol. The van der Waals surface area contributed by atoms with Crippen molar-refractivity contribution in [3.8, 4) is 5.75 Å². The highest BCUT2D eigenvalue weighted by Crippen LogP contribution is 2.16. The van der Waals surface area contributed by atoms with Crippen LogP contribution in [-0.4, -0.2) is 44.6 Å². The summed E-state index contributed by atoms with van der Waals surface area (Å²) in [7, 11) is 4.04. The van der Waals surface area contributed by atoms with Crippen LogP contribution in [0.3, 0.4) is 0 Å². The summed E-state index contributed by atoms with van der Waals surface area (Å²) in [6, 6.07) is 6.95. The molecule has 1 amide bonds. The van der Waals surface area contributed by atoms with Gasteiger partial charge >= 0.3 is 0 Å². The monoisotopic (exact) mass is 298 g/mol. The van der Waals surface area contributed by atoms with E-state index in [-0.39, 0.29) is 17.9 Å². The minimum Gasteiger partial charge on any atom is -0.484 e. The molecule has 0 aliphatic carbocycles. The number of halogens is 1. The predicted molar refractivity (Wildman–Crippen MR) is 82.3 cm³/mol. The molecule has 5 heteroatoms. The zero-order valence-corrected chi connectivity index (χ0v) is 13.3. The number of amides is 1. The van der Waals surface area contributed by atoms with Crippen molar-refractivity contribution in [3.05, 3.63) is 29.3 Å². The molecule has 1 aromatic carbocycles. The van der Waals surface area contributed by atoms with Gasteiger partial charge in [-0.25, -0.2) is 0 Å². The molecule has 20 heavy (non-hydrogen) atoms. The number of hydrogen-bond acceptors (Lipinski definition) is 3. The third kappa shape index (κ3) is 6.78. The highest BCUT2D eigenvalue weighted by molar-refractivity contribution is 6.30. The summed E-state index contributed by atoms with van der Waals surface area (Å²) in [5, 5.41) is 3.54. The molecule has 0 radical (unpaired) electrons. The maximum atomic E-state index is 11.7. The smallest absolute Gasteiger partial charge is 0.257 e. The van der Waals surface area contributed by atoms with Gasteiger partial charge in [0.15, 0.2) is 6.61 Å². The second kappa shape index (κ2) is 7.50. The van der Waals surface area contributed by atoms with Crippen molar-refractivity contribution >= 4 is 17.5 Å². The van der Waals surface area contributed by atoms with Gasteiger partial charge in [0.1, 0.15) is 5.75 Å². The first-order chi connectivity index (χ1) is 9.28. The van der Waals surface area contributed by atoms with Crippen molar-refractivity contribution in [1.29, 1.82) is 0 Å². The Morgan fingerprint density at radius 2 is 1.90 bits per heavy atom. The lowest BCUT2D eigenvalue weighted by molar-refractivity contribution is -0.123. The van der Waals surface area contributed by atoms with E-state index in [1.165, 1.54) is 0 Å². The lowest BCUT2D eigenvalue weighted by Crippen LogP contribution is -2.41. The zero-order valence-electron chi connectivity index (χ0n) is 12.6. The molecular formula is C15H23ClN2O2. The summed E-state index contributed by atoms with van der Waals surface area (Å²) < 4.78 is 5.39. The molecule has 0 aliphatic rings. The van der Waals surface area contributed by atoms with Gasteiger partial charge in [-0.1, -0.05) is 25.4 Å². The van der Waals surface area contributed by atoms with Crippen LogP contribution in [0.25, 0.3) is 0 Å². The molecule has 0 aliphatic heterocycles. The first kappa shape index (κ1) is 16.8. The third-order valence-electron chi connectivity index (χ3n) is 2.69. The Balaban J connectivity index is 2.32. The highest BCUT2D eigenvalue weighted by Gasteiger charge is 2.19. The van der Waals surface area contributed by atoms with Crippen molar-refractivity contribution in [1.82, 2.24) is 10.2 Å². The van der Waals surface area contributed by atoms with Crippen LogP contribution in [0.4, 0.5) is 0 Å². The van der Waals surface area contributed by atoms with Crippen LogP contribution >= 0.6 is 11.6 Å². The second-order valence-electron chi connectivity index (χ2n) is 5.92. The zero-order chi connectivity index (χ0) is 15.2. The number of carbonyl (C=O) groups is 1. The lowest BCUT2D eigenvalue weighted by Gasteiger charge is -2.28. The molecule has 0 fully saturated rings. The lowest BCUT2D eigenvalue weighted by atomic mass is 9.93. The standard InChI is InChI=1S/C15H23ClN2O2/c1-15(2,11-18(3)4)10-17-14(19)9-20-13-7-5-12(16)6-8-13/h5-8H,9-11H2,1-4H3,(H,17,19). The van der Waals surface area contributed by atoms with Gasteiger partial charge in [-0.2, -0.15) is 0 Å². The summed E-state index contributed by atoms with van der Waals surface area (Å²) in [5.74, 6) is 0.517. The number of nitrogens with zero attached hydrogens (tertiary/aromatic N) is 1. The van der Waals surface area contributed by atoms with Crippen molar-refractivity contribution in [3.63, 3.8) is 0 Å². The van der Waals surface area contributed by atoms with E-state index < -0.39 is 0 Å². The summed E-state index contributed by atoms with van der Waals surface area (Å²) in [5.41, 5.74) is 0.0272. The summed E-state index contributed by atoms with van der Waals surface area (Å²) >= 11 is 5.78. The van der Waals surface area contributed by atoms with Gasteiger partial charge in [0.2, 0.25) is 0 Å². The van der Waals surface area contributed by atoms with Gasteiger partial charge in [-0.15, -0.1) is 0 Å². The van der Waals surface area contributed by atoms with E-state index in [0.717, 1.165) is 6.54 Å². The molecule has 0 bridgehead atoms. The summed E-state index contributed by atoms with van der Waals surface area (Å²) in [6.45, 7) is 5.78. The largest absolute Gasteiger partial charge is 0.484 e. The minimum atomic E-state index is -0.119. The molecule has 112 valence electrons. The fraction of sp³-hybridized carbons (Fsp3) is 0.533. The fourth-order valence-corrected chi connectivity index (χ4v) is 2.11. The Hall–Kier alpha value is -1.26. The quantitative estimate of drug-likeness (QED) is 0.840. The summed E-state index contributed by atoms with van der Waals surface area (Å²) in [4.78, 5) is 13.8. The van der Waals surface area contributed by atoms with Gasteiger partial charge in [-0.05, 0) is 43.8 Å². The van der Waals surface area contributed by atoms with E-state index >= 15 is 0 Å². The van der Waals surface area contributed by atoms with Crippen LogP contribution in [0.2, 0.25) is 5.02 Å². The van der Waals surface area contributed by atoms with Gasteiger partial charge in [0.25, 0.3) is 5.91 Å². The van der Waals surface area contributed by atoms with E-state index in [9.17, 15) is 4.79 Å². The molecule has 4 nitrogen and oxygen atoms in total. The van der Waals surface area contributed by atoms with Crippen molar-refractivity contribution in [2.24, 2.45) is 5.41 Å². The van der Waals surface area contributed by atoms with Gasteiger partial charge in [-0.3, -0.25) is 4.79 Å². The minimum absolute atomic E-state index is 0.0136. The fourth-order valence-electron chi connectivity index (χ4n) is 1.98. The molecule has 0 aromatic heterocycles. The average Bonchev–Trinajstić information content (AvgIpc) is 2.34. The van der Waals surface area contributed by atoms with Crippen molar-refractivity contribution in [2.75, 3.05) is 33.8 Å². The Labute approximate surface area is 126 Å². The number of rotatable bonds is 7. The molecule has 1 N–H and O–H groups in total. The Kier molecular flexibility index (Phi) is 6.30. The van der Waals surface area contributed by atoms with Crippen LogP contribution in [0.1, 0.15) is 13.8 Å². The molecule has 0 spiro atoms. The molecule has 0 heterocycles. The van der Waals surface area contributed by atoms with Crippen LogP contribution in [0.5, 0.6) is 5.75 Å². The van der Waals surface area contributed by atoms with E-state index in [1.807, 2.05) is 14.1 Å². The van der Waals surface area contributed by atoms with Crippen LogP contribution in [0, 0.1) is 5.41 Å². The normalized spacial score (nSPS) is 11.5. The summed E-state index contributed by atoms with van der Waals surface area (Å²) in [6.07, 6.45) is 0. The number of nitrogens with one attached hydrogen (secondary N) is 1. The molecule has 0 atom stereocenters. The van der Waals surface area contributed by atoms with Gasteiger partial charge in [0.05, 0.1) is 0 Å². The molecular weight excluding hydrogens is 276 g/mol. The van der Waals surface area contributed by atoms with Gasteiger partial charge < -0.3 is 15.0 Å². The van der Waals surface area contributed by atoms with E-state index in [1.54, 1.807) is 24.3 Å². The first-order valence-corrected chi connectivity index (χ1v) is 6.96. The van der Waals surface area contributed by atoms with E-state index in [4.69, 9.17) is 16.3 Å². The molecule has 0 saturated heterocycles.